The lowest BCUT2D eigenvalue weighted by Gasteiger charge is -2.06. The van der Waals surface area contributed by atoms with Crippen LogP contribution in [0.4, 0.5) is 0 Å². The molecule has 0 aliphatic heterocycles. The van der Waals surface area contributed by atoms with Gasteiger partial charge in [-0.05, 0) is 24.3 Å². The maximum absolute atomic E-state index is 11.4. The van der Waals surface area contributed by atoms with Gasteiger partial charge in [0.2, 0.25) is 5.88 Å². The minimum atomic E-state index is -3.25. The van der Waals surface area contributed by atoms with E-state index in [2.05, 4.69) is 4.98 Å². The highest BCUT2D eigenvalue weighted by atomic mass is 35.5. The number of hydrogen-bond acceptors (Lipinski definition) is 4. The van der Waals surface area contributed by atoms with Crippen LogP contribution >= 0.6 is 11.6 Å². The van der Waals surface area contributed by atoms with Crippen LogP contribution in [0.5, 0.6) is 11.6 Å². The number of aromatic nitrogens is 1. The quantitative estimate of drug-likeness (QED) is 0.813. The van der Waals surface area contributed by atoms with Gasteiger partial charge in [-0.15, -0.1) is 0 Å². The van der Waals surface area contributed by atoms with Gasteiger partial charge in [-0.25, -0.2) is 13.4 Å². The second kappa shape index (κ2) is 4.96. The molecule has 1 aromatic carbocycles. The van der Waals surface area contributed by atoms with Crippen molar-refractivity contribution in [2.45, 2.75) is 4.90 Å². The normalized spacial score (nSPS) is 11.2. The van der Waals surface area contributed by atoms with E-state index in [1.54, 1.807) is 30.3 Å². The third kappa shape index (κ3) is 3.21. The molecule has 0 bridgehead atoms. The molecule has 0 fully saturated rings. The largest absolute Gasteiger partial charge is 0.439 e. The van der Waals surface area contributed by atoms with Crippen LogP contribution in [0.1, 0.15) is 0 Å². The molecule has 94 valence electrons. The van der Waals surface area contributed by atoms with E-state index in [0.717, 1.165) is 6.26 Å². The Morgan fingerprint density at radius 2 is 1.89 bits per heavy atom. The van der Waals surface area contributed by atoms with Crippen molar-refractivity contribution in [1.82, 2.24) is 4.98 Å². The minimum Gasteiger partial charge on any atom is -0.439 e. The van der Waals surface area contributed by atoms with Gasteiger partial charge in [0.15, 0.2) is 9.84 Å². The number of sulfone groups is 1. The van der Waals surface area contributed by atoms with Crippen LogP contribution in [-0.2, 0) is 9.84 Å². The predicted molar refractivity (Wildman–Crippen MR) is 68.9 cm³/mol. The zero-order valence-electron chi connectivity index (χ0n) is 9.50. The molecule has 0 aliphatic rings. The van der Waals surface area contributed by atoms with Crippen LogP contribution in [0.3, 0.4) is 0 Å². The zero-order chi connectivity index (χ0) is 13.2. The molecule has 0 N–H and O–H groups in total. The lowest BCUT2D eigenvalue weighted by Crippen LogP contribution is -1.97. The SMILES string of the molecule is CS(=O)(=O)c1cccc(Oc2cccc(Cl)n2)c1. The molecule has 0 atom stereocenters. The predicted octanol–water partition coefficient (Wildman–Crippen LogP) is 2.93. The number of ether oxygens (including phenoxy) is 1. The van der Waals surface area contributed by atoms with E-state index in [1.807, 2.05) is 0 Å². The topological polar surface area (TPSA) is 56.3 Å². The Morgan fingerprint density at radius 1 is 1.17 bits per heavy atom. The summed E-state index contributed by atoms with van der Waals surface area (Å²) in [6.07, 6.45) is 1.14. The number of benzene rings is 1. The monoisotopic (exact) mass is 283 g/mol. The molecule has 1 heterocycles. The summed E-state index contributed by atoms with van der Waals surface area (Å²) in [6, 6.07) is 11.2. The molecule has 0 unspecified atom stereocenters. The number of hydrogen-bond donors (Lipinski definition) is 0. The van der Waals surface area contributed by atoms with Gasteiger partial charge in [-0.2, -0.15) is 0 Å². The number of halogens is 1. The zero-order valence-corrected chi connectivity index (χ0v) is 11.1. The van der Waals surface area contributed by atoms with Gasteiger partial charge >= 0.3 is 0 Å². The van der Waals surface area contributed by atoms with Gasteiger partial charge in [0, 0.05) is 12.3 Å². The van der Waals surface area contributed by atoms with Crippen molar-refractivity contribution in [2.24, 2.45) is 0 Å². The average molecular weight is 284 g/mol. The van der Waals surface area contributed by atoms with Crippen LogP contribution < -0.4 is 4.74 Å². The minimum absolute atomic E-state index is 0.196. The maximum Gasteiger partial charge on any atom is 0.220 e. The Hall–Kier alpha value is -1.59. The van der Waals surface area contributed by atoms with Crippen molar-refractivity contribution in [3.8, 4) is 11.6 Å². The summed E-state index contributed by atoms with van der Waals surface area (Å²) in [6.45, 7) is 0. The molecular weight excluding hydrogens is 274 g/mol. The molecule has 0 amide bonds. The Kier molecular flexibility index (Phi) is 3.54. The summed E-state index contributed by atoms with van der Waals surface area (Å²) in [4.78, 5) is 4.15. The van der Waals surface area contributed by atoms with Gasteiger partial charge < -0.3 is 4.74 Å². The fraction of sp³-hybridized carbons (Fsp3) is 0.0833. The molecule has 4 nitrogen and oxygen atoms in total. The van der Waals surface area contributed by atoms with Crippen LogP contribution in [0.15, 0.2) is 47.4 Å². The van der Waals surface area contributed by atoms with Crippen LogP contribution in [0.25, 0.3) is 0 Å². The first-order chi connectivity index (χ1) is 8.45. The highest BCUT2D eigenvalue weighted by Gasteiger charge is 2.08. The number of pyridine rings is 1. The van der Waals surface area contributed by atoms with Crippen molar-refractivity contribution in [3.63, 3.8) is 0 Å². The molecule has 0 radical (unpaired) electrons. The van der Waals surface area contributed by atoms with Crippen LogP contribution in [0.2, 0.25) is 5.15 Å². The fourth-order valence-corrected chi connectivity index (χ4v) is 2.15. The highest BCUT2D eigenvalue weighted by molar-refractivity contribution is 7.90. The molecule has 1 aromatic heterocycles. The Morgan fingerprint density at radius 3 is 2.56 bits per heavy atom. The molecule has 6 heteroatoms. The molecular formula is C12H10ClNO3S. The van der Waals surface area contributed by atoms with Crippen molar-refractivity contribution >= 4 is 21.4 Å². The molecule has 0 saturated carbocycles. The van der Waals surface area contributed by atoms with E-state index < -0.39 is 9.84 Å². The maximum atomic E-state index is 11.4. The van der Waals surface area contributed by atoms with Gasteiger partial charge in [-0.3, -0.25) is 0 Å². The third-order valence-corrected chi connectivity index (χ3v) is 3.47. The second-order valence-corrected chi connectivity index (χ2v) is 6.05. The van der Waals surface area contributed by atoms with Crippen molar-refractivity contribution in [2.75, 3.05) is 6.26 Å². The van der Waals surface area contributed by atoms with Crippen LogP contribution in [-0.4, -0.2) is 19.7 Å². The smallest absolute Gasteiger partial charge is 0.220 e. The van der Waals surface area contributed by atoms with E-state index in [-0.39, 0.29) is 4.90 Å². The van der Waals surface area contributed by atoms with Crippen molar-refractivity contribution in [3.05, 3.63) is 47.6 Å². The Labute approximate surface area is 110 Å². The molecule has 0 aliphatic carbocycles. The summed E-state index contributed by atoms with van der Waals surface area (Å²) in [5, 5.41) is 0.312. The van der Waals surface area contributed by atoms with E-state index >= 15 is 0 Å². The van der Waals surface area contributed by atoms with Gasteiger partial charge in [0.25, 0.3) is 0 Å². The molecule has 0 spiro atoms. The molecule has 2 rings (SSSR count). The standard InChI is InChI=1S/C12H10ClNO3S/c1-18(15,16)10-5-2-4-9(8-10)17-12-7-3-6-11(13)14-12/h2-8H,1H3. The number of nitrogens with zero attached hydrogens (tertiary/aromatic N) is 1. The van der Waals surface area contributed by atoms with Gasteiger partial charge in [-0.1, -0.05) is 23.7 Å². The van der Waals surface area contributed by atoms with E-state index in [1.165, 1.54) is 12.1 Å². The van der Waals surface area contributed by atoms with Crippen LogP contribution in [0, 0.1) is 0 Å². The highest BCUT2D eigenvalue weighted by Crippen LogP contribution is 2.23. The Balaban J connectivity index is 2.30. The summed E-state index contributed by atoms with van der Waals surface area (Å²) >= 11 is 5.73. The third-order valence-electron chi connectivity index (χ3n) is 2.15. The lowest BCUT2D eigenvalue weighted by molar-refractivity contribution is 0.461. The average Bonchev–Trinajstić information content (AvgIpc) is 2.28. The fourth-order valence-electron chi connectivity index (χ4n) is 1.34. The van der Waals surface area contributed by atoms with Crippen molar-refractivity contribution < 1.29 is 13.2 Å². The van der Waals surface area contributed by atoms with E-state index in [0.29, 0.717) is 16.8 Å². The Bertz CT molecular complexity index is 671. The first-order valence-corrected chi connectivity index (χ1v) is 7.32. The van der Waals surface area contributed by atoms with Gasteiger partial charge in [0.05, 0.1) is 4.90 Å². The summed E-state index contributed by atoms with van der Waals surface area (Å²) in [5.41, 5.74) is 0. The van der Waals surface area contributed by atoms with Crippen molar-refractivity contribution in [1.29, 1.82) is 0 Å². The summed E-state index contributed by atoms with van der Waals surface area (Å²) < 4.78 is 28.2. The second-order valence-electron chi connectivity index (χ2n) is 3.65. The lowest BCUT2D eigenvalue weighted by atomic mass is 10.3. The van der Waals surface area contributed by atoms with E-state index in [9.17, 15) is 8.42 Å². The first kappa shape index (κ1) is 12.9. The molecule has 2 aromatic rings. The van der Waals surface area contributed by atoms with Gasteiger partial charge in [0.1, 0.15) is 10.9 Å². The summed E-state index contributed by atoms with van der Waals surface area (Å²) in [7, 11) is -3.25. The van der Waals surface area contributed by atoms with E-state index in [4.69, 9.17) is 16.3 Å². The number of rotatable bonds is 3. The summed E-state index contributed by atoms with van der Waals surface area (Å²) in [5.74, 6) is 0.709. The molecule has 18 heavy (non-hydrogen) atoms. The molecule has 0 saturated heterocycles. The first-order valence-electron chi connectivity index (χ1n) is 5.06.